The monoisotopic (exact) mass is 390 g/mol. The zero-order valence-electron chi connectivity index (χ0n) is 16.5. The van der Waals surface area contributed by atoms with Gasteiger partial charge in [0.05, 0.1) is 18.1 Å². The molecule has 2 aromatic heterocycles. The molecular weight excluding hydrogens is 364 g/mol. The maximum absolute atomic E-state index is 13.5. The molecule has 0 unspecified atom stereocenters. The predicted molar refractivity (Wildman–Crippen MR) is 112 cm³/mol. The summed E-state index contributed by atoms with van der Waals surface area (Å²) in [5.74, 6) is 0.470. The van der Waals surface area contributed by atoms with Gasteiger partial charge in [0.1, 0.15) is 0 Å². The van der Waals surface area contributed by atoms with E-state index in [-0.39, 0.29) is 23.6 Å². The highest BCUT2D eigenvalue weighted by Gasteiger charge is 2.34. The molecule has 1 saturated heterocycles. The fourth-order valence-electron chi connectivity index (χ4n) is 4.64. The summed E-state index contributed by atoms with van der Waals surface area (Å²) in [5.41, 5.74) is 2.62. The van der Waals surface area contributed by atoms with Crippen molar-refractivity contribution in [1.82, 2.24) is 19.0 Å². The quantitative estimate of drug-likeness (QED) is 0.687. The smallest absolute Gasteiger partial charge is 0.330 e. The number of aromatic nitrogens is 3. The molecule has 5 rings (SSSR count). The zero-order chi connectivity index (χ0) is 19.8. The molecule has 2 aliphatic rings. The van der Waals surface area contributed by atoms with Crippen LogP contribution in [0.1, 0.15) is 43.7 Å². The molecule has 150 valence electrons. The first-order chi connectivity index (χ1) is 14.2. The lowest BCUT2D eigenvalue weighted by Crippen LogP contribution is -2.46. The number of pyridine rings is 1. The molecule has 1 amide bonds. The van der Waals surface area contributed by atoms with E-state index in [0.29, 0.717) is 13.1 Å². The number of benzene rings is 1. The third-order valence-corrected chi connectivity index (χ3v) is 6.43. The number of hydrogen-bond acceptors (Lipinski definition) is 3. The average molecular weight is 390 g/mol. The Balaban J connectivity index is 1.50. The van der Waals surface area contributed by atoms with Crippen LogP contribution in [0.4, 0.5) is 0 Å². The lowest BCUT2D eigenvalue weighted by molar-refractivity contribution is -0.139. The number of likely N-dealkylation sites (tertiary alicyclic amines) is 1. The molecule has 1 saturated carbocycles. The minimum absolute atomic E-state index is 0.0188. The lowest BCUT2D eigenvalue weighted by atomic mass is 9.84. The first-order valence-corrected chi connectivity index (χ1v) is 10.6. The lowest BCUT2D eigenvalue weighted by Gasteiger charge is -2.37. The Morgan fingerprint density at radius 1 is 1.03 bits per heavy atom. The van der Waals surface area contributed by atoms with E-state index in [0.717, 1.165) is 55.4 Å². The normalized spacial score (nSPS) is 20.0. The number of carbonyl (C=O) groups excluding carboxylic acids is 1. The first-order valence-electron chi connectivity index (χ1n) is 10.6. The summed E-state index contributed by atoms with van der Waals surface area (Å²) >= 11 is 0. The number of nitrogens with zero attached hydrogens (tertiary/aromatic N) is 4. The molecule has 0 N–H and O–H groups in total. The number of piperidine rings is 1. The van der Waals surface area contributed by atoms with Crippen molar-refractivity contribution in [3.63, 3.8) is 0 Å². The number of imidazole rings is 1. The number of fused-ring (bicyclic) bond motifs is 1. The van der Waals surface area contributed by atoms with Gasteiger partial charge in [0.2, 0.25) is 5.91 Å². The van der Waals surface area contributed by atoms with Crippen molar-refractivity contribution in [1.29, 1.82) is 0 Å². The van der Waals surface area contributed by atoms with E-state index in [9.17, 15) is 9.59 Å². The predicted octanol–water partition coefficient (Wildman–Crippen LogP) is 3.21. The van der Waals surface area contributed by atoms with E-state index in [1.54, 1.807) is 6.20 Å². The molecule has 0 radical (unpaired) electrons. The average Bonchev–Trinajstić information content (AvgIpc) is 2.99. The second kappa shape index (κ2) is 7.50. The molecular formula is C23H26N4O2. The zero-order valence-corrected chi connectivity index (χ0v) is 16.5. The van der Waals surface area contributed by atoms with Crippen LogP contribution in [0, 0.1) is 5.92 Å². The van der Waals surface area contributed by atoms with E-state index in [1.165, 1.54) is 0 Å². The Morgan fingerprint density at radius 3 is 2.62 bits per heavy atom. The highest BCUT2D eigenvalue weighted by Crippen LogP contribution is 2.31. The molecule has 1 aliphatic carbocycles. The van der Waals surface area contributed by atoms with Crippen molar-refractivity contribution in [2.24, 2.45) is 5.92 Å². The van der Waals surface area contributed by atoms with Crippen molar-refractivity contribution in [2.75, 3.05) is 13.1 Å². The topological polar surface area (TPSA) is 60.1 Å². The highest BCUT2D eigenvalue weighted by molar-refractivity contribution is 5.79. The second-order valence-electron chi connectivity index (χ2n) is 8.28. The molecule has 29 heavy (non-hydrogen) atoms. The standard InChI is InChI=1S/C23H26N4O2/c28-22(18-9-4-10-18)25-14-6-11-19(16-25)27-21-20(12-5-13-24-21)26(23(27)29)15-17-7-2-1-3-8-17/h1-3,5,7-8,12-13,18-19H,4,6,9-11,14-16H2/t19-/m0/s1. The van der Waals surface area contributed by atoms with Crippen molar-refractivity contribution in [3.8, 4) is 0 Å². The number of hydrogen-bond donors (Lipinski definition) is 0. The minimum Gasteiger partial charge on any atom is -0.340 e. The third kappa shape index (κ3) is 3.26. The summed E-state index contributed by atoms with van der Waals surface area (Å²) in [4.78, 5) is 32.8. The van der Waals surface area contributed by atoms with Crippen LogP contribution in [-0.2, 0) is 11.3 Å². The van der Waals surface area contributed by atoms with Crippen LogP contribution in [0.5, 0.6) is 0 Å². The van der Waals surface area contributed by atoms with Crippen LogP contribution in [0.2, 0.25) is 0 Å². The SMILES string of the molecule is O=C(C1CCC1)N1CCC[C@H](n2c(=O)n(Cc3ccccc3)c3cccnc32)C1. The van der Waals surface area contributed by atoms with Gasteiger partial charge in [0, 0.05) is 25.2 Å². The van der Waals surface area contributed by atoms with Crippen LogP contribution in [0.15, 0.2) is 53.5 Å². The van der Waals surface area contributed by atoms with Gasteiger partial charge in [0.25, 0.3) is 0 Å². The van der Waals surface area contributed by atoms with Gasteiger partial charge in [-0.15, -0.1) is 0 Å². The molecule has 1 atom stereocenters. The molecule has 3 heterocycles. The van der Waals surface area contributed by atoms with Gasteiger partial charge in [-0.2, -0.15) is 0 Å². The van der Waals surface area contributed by atoms with Gasteiger partial charge in [0.15, 0.2) is 5.65 Å². The Hall–Kier alpha value is -2.89. The van der Waals surface area contributed by atoms with Crippen LogP contribution < -0.4 is 5.69 Å². The molecule has 6 nitrogen and oxygen atoms in total. The summed E-state index contributed by atoms with van der Waals surface area (Å²) in [6.45, 7) is 1.93. The summed E-state index contributed by atoms with van der Waals surface area (Å²) in [6, 6.07) is 13.8. The summed E-state index contributed by atoms with van der Waals surface area (Å²) in [5, 5.41) is 0. The van der Waals surface area contributed by atoms with E-state index >= 15 is 0 Å². The second-order valence-corrected chi connectivity index (χ2v) is 8.28. The third-order valence-electron chi connectivity index (χ3n) is 6.43. The fourth-order valence-corrected chi connectivity index (χ4v) is 4.64. The fraction of sp³-hybridized carbons (Fsp3) is 0.435. The summed E-state index contributed by atoms with van der Waals surface area (Å²) < 4.78 is 3.64. The first kappa shape index (κ1) is 18.2. The Morgan fingerprint density at radius 2 is 1.86 bits per heavy atom. The Bertz CT molecular complexity index is 1080. The maximum Gasteiger partial charge on any atom is 0.330 e. The van der Waals surface area contributed by atoms with Gasteiger partial charge in [-0.25, -0.2) is 9.78 Å². The van der Waals surface area contributed by atoms with Gasteiger partial charge in [-0.05, 0) is 43.4 Å². The molecule has 1 aliphatic heterocycles. The van der Waals surface area contributed by atoms with E-state index < -0.39 is 0 Å². The Labute approximate surface area is 169 Å². The van der Waals surface area contributed by atoms with Crippen molar-refractivity contribution in [2.45, 2.75) is 44.7 Å². The van der Waals surface area contributed by atoms with Crippen LogP contribution in [-0.4, -0.2) is 38.0 Å². The molecule has 6 heteroatoms. The van der Waals surface area contributed by atoms with Crippen LogP contribution >= 0.6 is 0 Å². The largest absolute Gasteiger partial charge is 0.340 e. The van der Waals surface area contributed by atoms with E-state index in [2.05, 4.69) is 4.98 Å². The molecule has 0 bridgehead atoms. The molecule has 1 aromatic carbocycles. The van der Waals surface area contributed by atoms with Gasteiger partial charge in [-0.3, -0.25) is 13.9 Å². The Kier molecular flexibility index (Phi) is 4.70. The van der Waals surface area contributed by atoms with Crippen molar-refractivity contribution < 1.29 is 4.79 Å². The van der Waals surface area contributed by atoms with Crippen LogP contribution in [0.3, 0.4) is 0 Å². The van der Waals surface area contributed by atoms with Gasteiger partial charge < -0.3 is 4.90 Å². The number of amides is 1. The minimum atomic E-state index is -0.0366. The summed E-state index contributed by atoms with van der Waals surface area (Å²) in [6.07, 6.45) is 6.74. The molecule has 0 spiro atoms. The van der Waals surface area contributed by atoms with E-state index in [1.807, 2.05) is 56.5 Å². The van der Waals surface area contributed by atoms with Gasteiger partial charge >= 0.3 is 5.69 Å². The van der Waals surface area contributed by atoms with Crippen molar-refractivity contribution in [3.05, 3.63) is 64.7 Å². The van der Waals surface area contributed by atoms with Crippen LogP contribution in [0.25, 0.3) is 11.2 Å². The summed E-state index contributed by atoms with van der Waals surface area (Å²) in [7, 11) is 0. The highest BCUT2D eigenvalue weighted by atomic mass is 16.2. The van der Waals surface area contributed by atoms with E-state index in [4.69, 9.17) is 0 Å². The molecule has 2 fully saturated rings. The van der Waals surface area contributed by atoms with Crippen molar-refractivity contribution >= 4 is 17.1 Å². The van der Waals surface area contributed by atoms with Gasteiger partial charge in [-0.1, -0.05) is 36.8 Å². The number of rotatable bonds is 4. The number of carbonyl (C=O) groups is 1. The molecule has 3 aromatic rings. The maximum atomic E-state index is 13.5.